The van der Waals surface area contributed by atoms with Crippen molar-refractivity contribution in [2.45, 2.75) is 19.4 Å². The molecule has 1 aliphatic heterocycles. The summed E-state index contributed by atoms with van der Waals surface area (Å²) >= 11 is 0. The van der Waals surface area contributed by atoms with Crippen LogP contribution < -0.4 is 4.90 Å². The Bertz CT molecular complexity index is 882. The van der Waals surface area contributed by atoms with Crippen LogP contribution in [0.25, 0.3) is 0 Å². The normalized spacial score (nSPS) is 15.5. The van der Waals surface area contributed by atoms with Crippen LogP contribution in [0.1, 0.15) is 23.6 Å². The maximum Gasteiger partial charge on any atom is 0.225 e. The van der Waals surface area contributed by atoms with Gasteiger partial charge in [-0.15, -0.1) is 0 Å². The first-order chi connectivity index (χ1) is 13.7. The van der Waals surface area contributed by atoms with E-state index in [1.54, 1.807) is 0 Å². The summed E-state index contributed by atoms with van der Waals surface area (Å²) in [5.74, 6) is 1.19. The highest BCUT2D eigenvalue weighted by molar-refractivity contribution is 5.77. The molecule has 1 aliphatic rings. The number of nitrogens with zero attached hydrogens (tertiary/aromatic N) is 4. The van der Waals surface area contributed by atoms with E-state index in [1.807, 2.05) is 53.8 Å². The number of hydrogen-bond acceptors (Lipinski definition) is 3. The van der Waals surface area contributed by atoms with Crippen molar-refractivity contribution in [3.63, 3.8) is 0 Å². The van der Waals surface area contributed by atoms with Crippen LogP contribution in [0, 0.1) is 6.92 Å². The number of rotatable bonds is 5. The molecule has 1 saturated heterocycles. The summed E-state index contributed by atoms with van der Waals surface area (Å²) in [6, 6.07) is 18.5. The molecule has 1 unspecified atom stereocenters. The lowest BCUT2D eigenvalue weighted by atomic mass is 10.0. The van der Waals surface area contributed by atoms with Gasteiger partial charge >= 0.3 is 0 Å². The van der Waals surface area contributed by atoms with E-state index in [9.17, 15) is 4.79 Å². The maximum absolute atomic E-state index is 13.1. The third kappa shape index (κ3) is 4.09. The molecule has 2 aromatic heterocycles. The molecular formula is C23H26N4O. The lowest BCUT2D eigenvalue weighted by Crippen LogP contribution is -2.49. The van der Waals surface area contributed by atoms with Gasteiger partial charge in [-0.25, -0.2) is 4.98 Å². The first-order valence-electron chi connectivity index (χ1n) is 9.83. The number of carbonyl (C=O) groups is 1. The molecule has 5 heteroatoms. The van der Waals surface area contributed by atoms with E-state index in [-0.39, 0.29) is 11.9 Å². The molecule has 1 fully saturated rings. The molecular weight excluding hydrogens is 348 g/mol. The van der Waals surface area contributed by atoms with Crippen LogP contribution in [-0.4, -0.2) is 46.5 Å². The molecule has 0 saturated carbocycles. The van der Waals surface area contributed by atoms with Gasteiger partial charge in [-0.1, -0.05) is 35.9 Å². The predicted molar refractivity (Wildman–Crippen MR) is 111 cm³/mol. The zero-order valence-electron chi connectivity index (χ0n) is 16.2. The van der Waals surface area contributed by atoms with Crippen molar-refractivity contribution >= 4 is 11.7 Å². The summed E-state index contributed by atoms with van der Waals surface area (Å²) in [6.07, 6.45) is 6.37. The summed E-state index contributed by atoms with van der Waals surface area (Å²) in [7, 11) is 0. The molecule has 4 rings (SSSR count). The zero-order valence-corrected chi connectivity index (χ0v) is 16.2. The number of anilines is 1. The minimum atomic E-state index is 0.0249. The minimum Gasteiger partial charge on any atom is -0.353 e. The lowest BCUT2D eigenvalue weighted by Gasteiger charge is -2.36. The first kappa shape index (κ1) is 18.3. The highest BCUT2D eigenvalue weighted by atomic mass is 16.2. The fourth-order valence-corrected chi connectivity index (χ4v) is 3.76. The van der Waals surface area contributed by atoms with Gasteiger partial charge in [-0.3, -0.25) is 4.79 Å². The van der Waals surface area contributed by atoms with Crippen molar-refractivity contribution in [3.05, 3.63) is 84.3 Å². The fourth-order valence-electron chi connectivity index (χ4n) is 3.76. The molecule has 1 atom stereocenters. The van der Waals surface area contributed by atoms with Crippen molar-refractivity contribution in [1.82, 2.24) is 14.5 Å². The van der Waals surface area contributed by atoms with Crippen LogP contribution in [0.3, 0.4) is 0 Å². The van der Waals surface area contributed by atoms with Crippen LogP contribution in [0.15, 0.2) is 73.2 Å². The number of hydrogen-bond donors (Lipinski definition) is 0. The third-order valence-electron chi connectivity index (χ3n) is 5.42. The molecule has 0 bridgehead atoms. The quantitative estimate of drug-likeness (QED) is 0.686. The van der Waals surface area contributed by atoms with E-state index < -0.39 is 0 Å². The van der Waals surface area contributed by atoms with Crippen LogP contribution in [0.5, 0.6) is 0 Å². The highest BCUT2D eigenvalue weighted by Gasteiger charge is 2.25. The number of aromatic nitrogens is 2. The summed E-state index contributed by atoms with van der Waals surface area (Å²) in [5.41, 5.74) is 2.40. The molecule has 1 aromatic carbocycles. The van der Waals surface area contributed by atoms with Gasteiger partial charge in [-0.2, -0.15) is 0 Å². The van der Waals surface area contributed by atoms with Gasteiger partial charge in [-0.05, 0) is 36.8 Å². The van der Waals surface area contributed by atoms with E-state index in [0.717, 1.165) is 32.0 Å². The Morgan fingerprint density at radius 1 is 0.964 bits per heavy atom. The second kappa shape index (κ2) is 8.30. The van der Waals surface area contributed by atoms with Gasteiger partial charge in [0.25, 0.3) is 0 Å². The average molecular weight is 374 g/mol. The van der Waals surface area contributed by atoms with Gasteiger partial charge in [0.15, 0.2) is 0 Å². The van der Waals surface area contributed by atoms with Crippen molar-refractivity contribution < 1.29 is 4.79 Å². The van der Waals surface area contributed by atoms with Crippen molar-refractivity contribution in [1.29, 1.82) is 0 Å². The highest BCUT2D eigenvalue weighted by Crippen LogP contribution is 2.24. The van der Waals surface area contributed by atoms with E-state index in [2.05, 4.69) is 45.6 Å². The summed E-state index contributed by atoms with van der Waals surface area (Å²) < 4.78 is 2.13. The Morgan fingerprint density at radius 3 is 2.32 bits per heavy atom. The molecule has 5 nitrogen and oxygen atoms in total. The topological polar surface area (TPSA) is 41.4 Å². The summed E-state index contributed by atoms with van der Waals surface area (Å²) in [5, 5.41) is 0. The largest absolute Gasteiger partial charge is 0.353 e. The first-order valence-corrected chi connectivity index (χ1v) is 9.83. The summed E-state index contributed by atoms with van der Waals surface area (Å²) in [6.45, 7) is 5.20. The van der Waals surface area contributed by atoms with Gasteiger partial charge in [0, 0.05) is 44.8 Å². The second-order valence-electron chi connectivity index (χ2n) is 7.32. The Hall–Kier alpha value is -3.08. The number of carbonyl (C=O) groups excluding carboxylic acids is 1. The Morgan fingerprint density at radius 2 is 1.68 bits per heavy atom. The number of benzene rings is 1. The number of pyridine rings is 1. The summed E-state index contributed by atoms with van der Waals surface area (Å²) in [4.78, 5) is 21.7. The zero-order chi connectivity index (χ0) is 19.3. The molecule has 0 N–H and O–H groups in total. The van der Waals surface area contributed by atoms with Gasteiger partial charge in [0.05, 0.1) is 12.5 Å². The molecule has 3 heterocycles. The molecule has 0 spiro atoms. The average Bonchev–Trinajstić information content (AvgIpc) is 3.28. The minimum absolute atomic E-state index is 0.0249. The Balaban J connectivity index is 1.43. The molecule has 0 aliphatic carbocycles. The number of piperazine rings is 1. The molecule has 0 radical (unpaired) electrons. The van der Waals surface area contributed by atoms with E-state index in [1.165, 1.54) is 11.1 Å². The fraction of sp³-hybridized carbons (Fsp3) is 0.304. The molecule has 3 aromatic rings. The SMILES string of the molecule is Cc1ccc(C(CC(=O)N2CCN(c3ccccn3)CC2)n2cccc2)cc1. The van der Waals surface area contributed by atoms with Crippen LogP contribution in [0.4, 0.5) is 5.82 Å². The third-order valence-corrected chi connectivity index (χ3v) is 5.42. The van der Waals surface area contributed by atoms with Crippen molar-refractivity contribution in [2.24, 2.45) is 0 Å². The van der Waals surface area contributed by atoms with E-state index >= 15 is 0 Å². The molecule has 1 amide bonds. The van der Waals surface area contributed by atoms with E-state index in [0.29, 0.717) is 6.42 Å². The van der Waals surface area contributed by atoms with Crippen molar-refractivity contribution in [3.8, 4) is 0 Å². The maximum atomic E-state index is 13.1. The Labute approximate surface area is 166 Å². The predicted octanol–water partition coefficient (Wildman–Crippen LogP) is 3.52. The standard InChI is InChI=1S/C23H26N4O/c1-19-7-9-20(10-8-19)21(25-12-4-5-13-25)18-23(28)27-16-14-26(15-17-27)22-6-2-3-11-24-22/h2-13,21H,14-18H2,1H3. The number of amides is 1. The lowest BCUT2D eigenvalue weighted by molar-refractivity contribution is -0.132. The monoisotopic (exact) mass is 374 g/mol. The Kier molecular flexibility index (Phi) is 5.42. The van der Waals surface area contributed by atoms with Crippen LogP contribution in [0.2, 0.25) is 0 Å². The van der Waals surface area contributed by atoms with Gasteiger partial charge in [0.2, 0.25) is 5.91 Å². The van der Waals surface area contributed by atoms with Gasteiger partial charge < -0.3 is 14.4 Å². The van der Waals surface area contributed by atoms with Crippen molar-refractivity contribution in [2.75, 3.05) is 31.1 Å². The van der Waals surface area contributed by atoms with Crippen LogP contribution >= 0.6 is 0 Å². The smallest absolute Gasteiger partial charge is 0.225 e. The molecule has 144 valence electrons. The second-order valence-corrected chi connectivity index (χ2v) is 7.32. The molecule has 28 heavy (non-hydrogen) atoms. The number of aryl methyl sites for hydroxylation is 1. The van der Waals surface area contributed by atoms with E-state index in [4.69, 9.17) is 0 Å². The van der Waals surface area contributed by atoms with Crippen LogP contribution in [-0.2, 0) is 4.79 Å². The van der Waals surface area contributed by atoms with Gasteiger partial charge in [0.1, 0.15) is 5.82 Å².